The molecule has 4 aromatic rings. The van der Waals surface area contributed by atoms with Crippen molar-refractivity contribution in [2.45, 2.75) is 33.1 Å². The van der Waals surface area contributed by atoms with Crippen LogP contribution in [0.3, 0.4) is 0 Å². The van der Waals surface area contributed by atoms with Crippen LogP contribution >= 0.6 is 11.3 Å². The van der Waals surface area contributed by atoms with Crippen molar-refractivity contribution in [1.29, 1.82) is 0 Å². The third-order valence-corrected chi connectivity index (χ3v) is 6.83. The fourth-order valence-electron chi connectivity index (χ4n) is 3.84. The highest BCUT2D eigenvalue weighted by atomic mass is 32.1. The Morgan fingerprint density at radius 2 is 1.97 bits per heavy atom. The van der Waals surface area contributed by atoms with E-state index in [1.54, 1.807) is 28.9 Å². The number of Topliss-reactive ketones (excluding diaryl/α,β-unsaturated/α-hetero) is 1. The fourth-order valence-corrected chi connectivity index (χ4v) is 4.79. The Morgan fingerprint density at radius 3 is 2.68 bits per heavy atom. The summed E-state index contributed by atoms with van der Waals surface area (Å²) >= 11 is 1.32. The third kappa shape index (κ3) is 4.83. The van der Waals surface area contributed by atoms with Crippen molar-refractivity contribution >= 4 is 38.3 Å². The summed E-state index contributed by atoms with van der Waals surface area (Å²) in [5.74, 6) is -0.725. The van der Waals surface area contributed by atoms with E-state index in [4.69, 9.17) is 0 Å². The van der Waals surface area contributed by atoms with Crippen LogP contribution in [0.1, 0.15) is 54.1 Å². The molecule has 0 saturated carbocycles. The first-order chi connectivity index (χ1) is 16.4. The lowest BCUT2D eigenvalue weighted by Crippen LogP contribution is -2.24. The van der Waals surface area contributed by atoms with Crippen LogP contribution in [0.25, 0.3) is 26.6 Å². The number of imidazole rings is 1. The van der Waals surface area contributed by atoms with Crippen LogP contribution < -0.4 is 5.32 Å². The molecule has 0 radical (unpaired) electrons. The van der Waals surface area contributed by atoms with E-state index >= 15 is 0 Å². The Bertz CT molecular complexity index is 1340. The van der Waals surface area contributed by atoms with Crippen molar-refractivity contribution in [2.24, 2.45) is 0 Å². The highest BCUT2D eigenvalue weighted by Crippen LogP contribution is 2.29. The Balaban J connectivity index is 1.51. The Morgan fingerprint density at radius 1 is 1.18 bits per heavy atom. The largest absolute Gasteiger partial charge is 0.355 e. The average Bonchev–Trinajstić information content (AvgIpc) is 3.40. The van der Waals surface area contributed by atoms with Crippen molar-refractivity contribution in [3.8, 4) is 11.3 Å². The van der Waals surface area contributed by atoms with Crippen LogP contribution in [0.4, 0.5) is 4.39 Å². The van der Waals surface area contributed by atoms with E-state index in [2.05, 4.69) is 39.0 Å². The molecule has 34 heavy (non-hydrogen) atoms. The molecule has 0 aliphatic carbocycles. The second kappa shape index (κ2) is 10.4. The van der Waals surface area contributed by atoms with Crippen molar-refractivity contribution in [3.05, 3.63) is 47.8 Å². The number of carbonyl (C=O) groups excluding carboxylic acids is 2. The molecule has 0 aliphatic rings. The zero-order valence-corrected chi connectivity index (χ0v) is 20.3. The summed E-state index contributed by atoms with van der Waals surface area (Å²) in [6.45, 7) is 7.29. The number of aromatic nitrogens is 4. The molecule has 0 bridgehead atoms. The standard InChI is InChI=1S/C24H27FN6O2S/c1-4-30(5-2)11-7-6-8-20(32)21-27-13-19-23(29-21)34-24-28-18(14-31(19)24)16-10-9-15(12-17(16)25)22(33)26-3/h9-10,12-14H,4-8,11H2,1-3H3,(H,26,33). The first kappa shape index (κ1) is 23.9. The van der Waals surface area contributed by atoms with Crippen LogP contribution in [-0.4, -0.2) is 62.6 Å². The number of benzene rings is 1. The van der Waals surface area contributed by atoms with Crippen molar-refractivity contribution in [3.63, 3.8) is 0 Å². The molecule has 0 saturated heterocycles. The van der Waals surface area contributed by atoms with E-state index in [1.807, 2.05) is 0 Å². The van der Waals surface area contributed by atoms with Gasteiger partial charge in [0.2, 0.25) is 0 Å². The molecule has 0 unspecified atom stereocenters. The van der Waals surface area contributed by atoms with Crippen LogP contribution in [0, 0.1) is 5.82 Å². The highest BCUT2D eigenvalue weighted by molar-refractivity contribution is 7.23. The maximum atomic E-state index is 14.6. The number of halogens is 1. The van der Waals surface area contributed by atoms with Gasteiger partial charge < -0.3 is 10.2 Å². The smallest absolute Gasteiger partial charge is 0.251 e. The predicted octanol–water partition coefficient (Wildman–Crippen LogP) is 4.20. The fraction of sp³-hybridized carbons (Fsp3) is 0.375. The third-order valence-electron chi connectivity index (χ3n) is 5.86. The molecule has 3 heterocycles. The Hall–Kier alpha value is -3.24. The van der Waals surface area contributed by atoms with Gasteiger partial charge >= 0.3 is 0 Å². The molecule has 10 heteroatoms. The second-order valence-corrected chi connectivity index (χ2v) is 8.90. The van der Waals surface area contributed by atoms with E-state index < -0.39 is 5.82 Å². The van der Waals surface area contributed by atoms with E-state index in [0.29, 0.717) is 33.0 Å². The Kier molecular flexibility index (Phi) is 7.28. The molecule has 0 aliphatic heterocycles. The molecule has 1 amide bonds. The molecular formula is C24H27FN6O2S. The first-order valence-corrected chi connectivity index (χ1v) is 12.2. The van der Waals surface area contributed by atoms with Gasteiger partial charge in [-0.1, -0.05) is 25.2 Å². The number of hydrogen-bond acceptors (Lipinski definition) is 7. The number of hydrogen-bond donors (Lipinski definition) is 1. The van der Waals surface area contributed by atoms with Crippen LogP contribution in [-0.2, 0) is 0 Å². The number of unbranched alkanes of at least 4 members (excludes halogenated alkanes) is 1. The number of ketones is 1. The van der Waals surface area contributed by atoms with Gasteiger partial charge in [0, 0.05) is 30.8 Å². The van der Waals surface area contributed by atoms with Gasteiger partial charge in [-0.15, -0.1) is 0 Å². The van der Waals surface area contributed by atoms with Gasteiger partial charge in [-0.2, -0.15) is 0 Å². The van der Waals surface area contributed by atoms with E-state index in [1.165, 1.54) is 24.5 Å². The summed E-state index contributed by atoms with van der Waals surface area (Å²) in [5, 5.41) is 2.48. The van der Waals surface area contributed by atoms with Gasteiger partial charge in [-0.3, -0.25) is 14.0 Å². The van der Waals surface area contributed by atoms with Crippen LogP contribution in [0.2, 0.25) is 0 Å². The van der Waals surface area contributed by atoms with Crippen LogP contribution in [0.5, 0.6) is 0 Å². The molecule has 4 rings (SSSR count). The van der Waals surface area contributed by atoms with Gasteiger partial charge in [0.15, 0.2) is 16.6 Å². The molecule has 8 nitrogen and oxygen atoms in total. The first-order valence-electron chi connectivity index (χ1n) is 11.4. The minimum atomic E-state index is -0.527. The summed E-state index contributed by atoms with van der Waals surface area (Å²) < 4.78 is 16.4. The molecule has 3 aromatic heterocycles. The lowest BCUT2D eigenvalue weighted by Gasteiger charge is -2.17. The summed E-state index contributed by atoms with van der Waals surface area (Å²) in [5.41, 5.74) is 1.70. The van der Waals surface area contributed by atoms with Crippen LogP contribution in [0.15, 0.2) is 30.6 Å². The molecular weight excluding hydrogens is 455 g/mol. The molecule has 178 valence electrons. The zero-order chi connectivity index (χ0) is 24.2. The Labute approximate surface area is 200 Å². The van der Waals surface area contributed by atoms with Gasteiger partial charge in [0.25, 0.3) is 5.91 Å². The number of fused-ring (bicyclic) bond motifs is 3. The van der Waals surface area contributed by atoms with Gasteiger partial charge in [0.1, 0.15) is 16.2 Å². The van der Waals surface area contributed by atoms with E-state index in [-0.39, 0.29) is 23.1 Å². The highest BCUT2D eigenvalue weighted by Gasteiger charge is 2.17. The number of carbonyl (C=O) groups is 2. The lowest BCUT2D eigenvalue weighted by molar-refractivity contribution is 0.0957. The van der Waals surface area contributed by atoms with Gasteiger partial charge in [-0.25, -0.2) is 19.3 Å². The van der Waals surface area contributed by atoms with E-state index in [0.717, 1.165) is 32.5 Å². The minimum Gasteiger partial charge on any atom is -0.355 e. The zero-order valence-electron chi connectivity index (χ0n) is 19.5. The van der Waals surface area contributed by atoms with Crippen molar-refractivity contribution < 1.29 is 14.0 Å². The molecule has 0 atom stereocenters. The van der Waals surface area contributed by atoms with Crippen molar-refractivity contribution in [1.82, 2.24) is 29.6 Å². The molecule has 1 aromatic carbocycles. The number of amides is 1. The SMILES string of the molecule is CCN(CC)CCCCC(=O)c1ncc2c(n1)sc1nc(-c3ccc(C(=O)NC)cc3F)cn12. The maximum Gasteiger partial charge on any atom is 0.251 e. The number of nitrogens with one attached hydrogen (secondary N) is 1. The molecule has 1 N–H and O–H groups in total. The minimum absolute atomic E-state index is 0.0635. The number of rotatable bonds is 10. The molecule has 0 spiro atoms. The monoisotopic (exact) mass is 482 g/mol. The topological polar surface area (TPSA) is 92.5 Å². The number of thiazole rings is 1. The normalized spacial score (nSPS) is 11.6. The average molecular weight is 483 g/mol. The number of nitrogens with zero attached hydrogens (tertiary/aromatic N) is 5. The molecule has 0 fully saturated rings. The maximum absolute atomic E-state index is 14.6. The quantitative estimate of drug-likeness (QED) is 0.269. The van der Waals surface area contributed by atoms with E-state index in [9.17, 15) is 14.0 Å². The predicted molar refractivity (Wildman–Crippen MR) is 131 cm³/mol. The second-order valence-electron chi connectivity index (χ2n) is 7.95. The van der Waals surface area contributed by atoms with Gasteiger partial charge in [0.05, 0.1) is 11.9 Å². The van der Waals surface area contributed by atoms with Crippen molar-refractivity contribution in [2.75, 3.05) is 26.7 Å². The van der Waals surface area contributed by atoms with Gasteiger partial charge in [-0.05, 0) is 50.7 Å². The lowest BCUT2D eigenvalue weighted by atomic mass is 10.1. The summed E-state index contributed by atoms with van der Waals surface area (Å²) in [6, 6.07) is 4.30. The summed E-state index contributed by atoms with van der Waals surface area (Å²) in [7, 11) is 1.50. The summed E-state index contributed by atoms with van der Waals surface area (Å²) in [4.78, 5) is 41.2. The summed E-state index contributed by atoms with van der Waals surface area (Å²) in [6.07, 6.45) is 5.52.